The minimum absolute atomic E-state index is 0.00224. The molecule has 8 nitrogen and oxygen atoms in total. The summed E-state index contributed by atoms with van der Waals surface area (Å²) in [6.07, 6.45) is 3.20. The Morgan fingerprint density at radius 1 is 1.00 bits per heavy atom. The Morgan fingerprint density at radius 3 is 2.28 bits per heavy atom. The standard InChI is InChI=1S/C11H7ClN2O2.C10H5Cl2N3O/c1-16-10-3-7-6(5-14-10)2-9(15)8(4-13)11(7)12;1-16-8-2-5-7(4-14-8)15-10(12)6(3-13)9(5)11/h3,5H,2H2,1H3;2,4H,1H3. The molecule has 160 valence electrons. The van der Waals surface area contributed by atoms with Gasteiger partial charge in [0.05, 0.1) is 36.0 Å². The average Bonchev–Trinajstić information content (AvgIpc) is 2.80. The second-order valence-corrected chi connectivity index (χ2v) is 7.35. The van der Waals surface area contributed by atoms with Crippen molar-refractivity contribution < 1.29 is 14.3 Å². The van der Waals surface area contributed by atoms with E-state index < -0.39 is 0 Å². The number of ketones is 1. The van der Waals surface area contributed by atoms with Crippen LogP contribution < -0.4 is 9.47 Å². The topological polar surface area (TPSA) is 122 Å². The third-order valence-electron chi connectivity index (χ3n) is 4.43. The fraction of sp³-hybridized carbons (Fsp3) is 0.143. The summed E-state index contributed by atoms with van der Waals surface area (Å²) in [7, 11) is 2.99. The first-order valence-corrected chi connectivity index (χ1v) is 9.93. The summed E-state index contributed by atoms with van der Waals surface area (Å²) in [5, 5.41) is 18.8. The fourth-order valence-corrected chi connectivity index (χ4v) is 3.72. The highest BCUT2D eigenvalue weighted by Gasteiger charge is 2.25. The first kappa shape index (κ1) is 23.2. The van der Waals surface area contributed by atoms with Gasteiger partial charge in [-0.2, -0.15) is 10.5 Å². The molecule has 0 unspecified atom stereocenters. The van der Waals surface area contributed by atoms with E-state index in [2.05, 4.69) is 15.0 Å². The average molecular weight is 489 g/mol. The molecule has 0 spiro atoms. The van der Waals surface area contributed by atoms with Crippen molar-refractivity contribution in [3.8, 4) is 23.9 Å². The monoisotopic (exact) mass is 487 g/mol. The lowest BCUT2D eigenvalue weighted by Gasteiger charge is -2.15. The summed E-state index contributed by atoms with van der Waals surface area (Å²) >= 11 is 17.8. The number of aromatic nitrogens is 3. The van der Waals surface area contributed by atoms with Crippen molar-refractivity contribution in [2.75, 3.05) is 14.2 Å². The molecule has 0 aliphatic heterocycles. The van der Waals surface area contributed by atoms with Gasteiger partial charge in [-0.3, -0.25) is 4.79 Å². The minimum Gasteiger partial charge on any atom is -0.481 e. The Balaban J connectivity index is 0.000000181. The van der Waals surface area contributed by atoms with Gasteiger partial charge in [0.1, 0.15) is 28.4 Å². The van der Waals surface area contributed by atoms with Crippen LogP contribution in [0.2, 0.25) is 10.2 Å². The van der Waals surface area contributed by atoms with Crippen molar-refractivity contribution in [2.24, 2.45) is 0 Å². The van der Waals surface area contributed by atoms with Gasteiger partial charge in [-0.05, 0) is 5.56 Å². The van der Waals surface area contributed by atoms with E-state index in [1.165, 1.54) is 20.4 Å². The largest absolute Gasteiger partial charge is 0.481 e. The van der Waals surface area contributed by atoms with Gasteiger partial charge in [0.15, 0.2) is 5.78 Å². The molecule has 0 aromatic carbocycles. The molecular weight excluding hydrogens is 477 g/mol. The molecule has 3 aromatic rings. The maximum atomic E-state index is 11.5. The van der Waals surface area contributed by atoms with Crippen molar-refractivity contribution in [3.05, 3.63) is 57.0 Å². The van der Waals surface area contributed by atoms with Gasteiger partial charge < -0.3 is 9.47 Å². The van der Waals surface area contributed by atoms with Crippen LogP contribution in [-0.2, 0) is 11.2 Å². The molecule has 11 heteroatoms. The number of allylic oxidation sites excluding steroid dienone is 1. The SMILES string of the molecule is COc1cc2c(Cl)c(C#N)c(Cl)nc2cn1.COc1cc2c(cn1)CC(=O)C(C#N)=C2Cl. The number of nitriles is 2. The van der Waals surface area contributed by atoms with Crippen LogP contribution in [0.25, 0.3) is 15.9 Å². The zero-order chi connectivity index (χ0) is 23.4. The molecule has 0 amide bonds. The highest BCUT2D eigenvalue weighted by atomic mass is 35.5. The number of ether oxygens (including phenoxy) is 2. The van der Waals surface area contributed by atoms with Gasteiger partial charge in [0.2, 0.25) is 11.8 Å². The smallest absolute Gasteiger partial charge is 0.213 e. The van der Waals surface area contributed by atoms with Crippen LogP contribution in [0, 0.1) is 22.7 Å². The Bertz CT molecular complexity index is 1360. The van der Waals surface area contributed by atoms with Gasteiger partial charge in [-0.1, -0.05) is 34.8 Å². The number of halogens is 3. The molecule has 1 aliphatic carbocycles. The normalized spacial score (nSPS) is 12.3. The molecule has 1 aliphatic rings. The quantitative estimate of drug-likeness (QED) is 0.483. The lowest BCUT2D eigenvalue weighted by molar-refractivity contribution is -0.114. The van der Waals surface area contributed by atoms with E-state index in [0.29, 0.717) is 28.2 Å². The molecule has 0 bridgehead atoms. The number of pyridine rings is 3. The highest BCUT2D eigenvalue weighted by Crippen LogP contribution is 2.33. The first-order chi connectivity index (χ1) is 15.3. The number of nitrogens with zero attached hydrogens (tertiary/aromatic N) is 5. The molecule has 0 N–H and O–H groups in total. The third-order valence-corrected chi connectivity index (χ3v) is 5.49. The predicted molar refractivity (Wildman–Crippen MR) is 119 cm³/mol. The van der Waals surface area contributed by atoms with Crippen molar-refractivity contribution >= 4 is 56.5 Å². The van der Waals surface area contributed by atoms with Crippen LogP contribution in [0.1, 0.15) is 16.7 Å². The second-order valence-electron chi connectivity index (χ2n) is 6.23. The molecule has 0 radical (unpaired) electrons. The van der Waals surface area contributed by atoms with E-state index >= 15 is 0 Å². The molecule has 4 rings (SSSR count). The predicted octanol–water partition coefficient (Wildman–Crippen LogP) is 4.51. The maximum absolute atomic E-state index is 11.5. The van der Waals surface area contributed by atoms with Crippen molar-refractivity contribution in [3.63, 3.8) is 0 Å². The number of fused-ring (bicyclic) bond motifs is 2. The van der Waals surface area contributed by atoms with E-state index in [-0.39, 0.29) is 38.5 Å². The number of carbonyl (C=O) groups is 1. The van der Waals surface area contributed by atoms with Crippen LogP contribution in [-0.4, -0.2) is 35.0 Å². The summed E-state index contributed by atoms with van der Waals surface area (Å²) < 4.78 is 9.93. The first-order valence-electron chi connectivity index (χ1n) is 8.79. The Labute approximate surface area is 197 Å². The Morgan fingerprint density at radius 2 is 1.66 bits per heavy atom. The molecule has 3 heterocycles. The summed E-state index contributed by atoms with van der Waals surface area (Å²) in [5.74, 6) is 0.540. The van der Waals surface area contributed by atoms with E-state index in [9.17, 15) is 4.79 Å². The number of hydrogen-bond acceptors (Lipinski definition) is 8. The van der Waals surface area contributed by atoms with Crippen LogP contribution in [0.15, 0.2) is 30.1 Å². The van der Waals surface area contributed by atoms with Crippen LogP contribution >= 0.6 is 34.8 Å². The summed E-state index contributed by atoms with van der Waals surface area (Å²) in [4.78, 5) is 23.5. The Hall–Kier alpha value is -3.43. The molecule has 0 saturated carbocycles. The highest BCUT2D eigenvalue weighted by molar-refractivity contribution is 6.52. The van der Waals surface area contributed by atoms with E-state index in [0.717, 1.165) is 5.56 Å². The van der Waals surface area contributed by atoms with E-state index in [1.807, 2.05) is 12.1 Å². The Kier molecular flexibility index (Phi) is 7.12. The lowest BCUT2D eigenvalue weighted by Crippen LogP contribution is -2.14. The van der Waals surface area contributed by atoms with E-state index in [4.69, 9.17) is 54.8 Å². The number of hydrogen-bond donors (Lipinski definition) is 0. The van der Waals surface area contributed by atoms with Crippen LogP contribution in [0.3, 0.4) is 0 Å². The second kappa shape index (κ2) is 9.80. The molecule has 32 heavy (non-hydrogen) atoms. The zero-order valence-electron chi connectivity index (χ0n) is 16.6. The fourth-order valence-electron chi connectivity index (χ4n) is 2.84. The number of Topliss-reactive ketones (excluding diaryl/α,β-unsaturated/α-hetero) is 1. The summed E-state index contributed by atoms with van der Waals surface area (Å²) in [5.41, 5.74) is 2.04. The van der Waals surface area contributed by atoms with Crippen molar-refractivity contribution in [1.29, 1.82) is 10.5 Å². The minimum atomic E-state index is -0.271. The zero-order valence-corrected chi connectivity index (χ0v) is 18.9. The van der Waals surface area contributed by atoms with E-state index in [1.54, 1.807) is 18.3 Å². The van der Waals surface area contributed by atoms with Gasteiger partial charge in [-0.25, -0.2) is 15.0 Å². The van der Waals surface area contributed by atoms with Crippen LogP contribution in [0.5, 0.6) is 11.8 Å². The van der Waals surface area contributed by atoms with Crippen LogP contribution in [0.4, 0.5) is 0 Å². The van der Waals surface area contributed by atoms with Gasteiger partial charge in [0, 0.05) is 35.7 Å². The third kappa shape index (κ3) is 4.44. The lowest BCUT2D eigenvalue weighted by atomic mass is 9.93. The summed E-state index contributed by atoms with van der Waals surface area (Å²) in [6.45, 7) is 0. The van der Waals surface area contributed by atoms with Gasteiger partial charge >= 0.3 is 0 Å². The van der Waals surface area contributed by atoms with Gasteiger partial charge in [-0.15, -0.1) is 0 Å². The van der Waals surface area contributed by atoms with Gasteiger partial charge in [0.25, 0.3) is 0 Å². The molecule has 0 atom stereocenters. The van der Waals surface area contributed by atoms with Crippen molar-refractivity contribution in [1.82, 2.24) is 15.0 Å². The molecule has 0 fully saturated rings. The number of methoxy groups -OCH3 is 2. The molecule has 3 aromatic heterocycles. The molecule has 0 saturated heterocycles. The molecular formula is C21H12Cl3N5O3. The number of rotatable bonds is 2. The maximum Gasteiger partial charge on any atom is 0.213 e. The van der Waals surface area contributed by atoms with Crippen molar-refractivity contribution in [2.45, 2.75) is 6.42 Å². The number of carbonyl (C=O) groups excluding carboxylic acids is 1. The summed E-state index contributed by atoms with van der Waals surface area (Å²) in [6, 6.07) is 6.96.